The summed E-state index contributed by atoms with van der Waals surface area (Å²) in [5, 5.41) is 2.55. The van der Waals surface area contributed by atoms with Gasteiger partial charge in [0.25, 0.3) is 0 Å². The highest BCUT2D eigenvalue weighted by atomic mass is 16.6. The molecule has 102 valence electrons. The van der Waals surface area contributed by atoms with Crippen LogP contribution in [0.15, 0.2) is 18.3 Å². The first kappa shape index (κ1) is 14.8. The van der Waals surface area contributed by atoms with Crippen LogP contribution in [0.1, 0.15) is 26.3 Å². The molecule has 0 bridgehead atoms. The second-order valence-corrected chi connectivity index (χ2v) is 4.72. The second kappa shape index (κ2) is 6.64. The van der Waals surface area contributed by atoms with Gasteiger partial charge in [-0.05, 0) is 32.9 Å². The standard InChI is InChI=1S/C14H18N2O3/c1-14(2,3)19-13(17)16-10-6-8-11-7-5-9-15-12(11)18-4/h5,7,9H,10H2,1-4H3,(H,16,17). The molecule has 1 aromatic heterocycles. The fraction of sp³-hybridized carbons (Fsp3) is 0.429. The van der Waals surface area contributed by atoms with Crippen LogP contribution in [0.5, 0.6) is 5.88 Å². The zero-order chi connectivity index (χ0) is 14.3. The predicted molar refractivity (Wildman–Crippen MR) is 71.9 cm³/mol. The molecule has 19 heavy (non-hydrogen) atoms. The molecule has 0 fully saturated rings. The lowest BCUT2D eigenvalue weighted by Gasteiger charge is -2.19. The summed E-state index contributed by atoms with van der Waals surface area (Å²) >= 11 is 0. The van der Waals surface area contributed by atoms with Crippen LogP contribution in [0, 0.1) is 11.8 Å². The summed E-state index contributed by atoms with van der Waals surface area (Å²) in [4.78, 5) is 15.4. The minimum atomic E-state index is -0.510. The Bertz CT molecular complexity index is 495. The topological polar surface area (TPSA) is 60.5 Å². The molecular formula is C14H18N2O3. The third kappa shape index (κ3) is 5.77. The number of hydrogen-bond donors (Lipinski definition) is 1. The van der Waals surface area contributed by atoms with Crippen molar-refractivity contribution in [2.24, 2.45) is 0 Å². The molecule has 1 N–H and O–H groups in total. The summed E-state index contributed by atoms with van der Waals surface area (Å²) in [5.41, 5.74) is 0.167. The maximum atomic E-state index is 11.4. The summed E-state index contributed by atoms with van der Waals surface area (Å²) in [6.45, 7) is 5.61. The van der Waals surface area contributed by atoms with E-state index in [1.54, 1.807) is 39.1 Å². The second-order valence-electron chi connectivity index (χ2n) is 4.72. The van der Waals surface area contributed by atoms with Crippen molar-refractivity contribution < 1.29 is 14.3 Å². The summed E-state index contributed by atoms with van der Waals surface area (Å²) < 4.78 is 10.1. The minimum Gasteiger partial charge on any atom is -0.480 e. The monoisotopic (exact) mass is 262 g/mol. The number of ether oxygens (including phenoxy) is 2. The summed E-state index contributed by atoms with van der Waals surface area (Å²) in [7, 11) is 1.53. The lowest BCUT2D eigenvalue weighted by Crippen LogP contribution is -2.32. The first-order chi connectivity index (χ1) is 8.92. The Hall–Kier alpha value is -2.22. The lowest BCUT2D eigenvalue weighted by molar-refractivity contribution is 0.0535. The van der Waals surface area contributed by atoms with E-state index in [0.29, 0.717) is 11.4 Å². The van der Waals surface area contributed by atoms with Crippen LogP contribution in [-0.2, 0) is 4.74 Å². The molecule has 0 saturated heterocycles. The van der Waals surface area contributed by atoms with E-state index >= 15 is 0 Å². The van der Waals surface area contributed by atoms with Crippen molar-refractivity contribution in [3.63, 3.8) is 0 Å². The minimum absolute atomic E-state index is 0.201. The number of carbonyl (C=O) groups is 1. The molecule has 0 radical (unpaired) electrons. The number of methoxy groups -OCH3 is 1. The molecule has 0 saturated carbocycles. The van der Waals surface area contributed by atoms with Gasteiger partial charge in [-0.1, -0.05) is 11.8 Å². The third-order valence-corrected chi connectivity index (χ3v) is 1.91. The van der Waals surface area contributed by atoms with Gasteiger partial charge in [0.05, 0.1) is 19.2 Å². The molecule has 5 nitrogen and oxygen atoms in total. The van der Waals surface area contributed by atoms with Crippen molar-refractivity contribution in [1.82, 2.24) is 10.3 Å². The van der Waals surface area contributed by atoms with Gasteiger partial charge in [-0.2, -0.15) is 0 Å². The van der Waals surface area contributed by atoms with Gasteiger partial charge >= 0.3 is 6.09 Å². The van der Waals surface area contributed by atoms with Gasteiger partial charge in [0.15, 0.2) is 0 Å². The quantitative estimate of drug-likeness (QED) is 0.828. The Labute approximate surface area is 113 Å². The van der Waals surface area contributed by atoms with Crippen molar-refractivity contribution in [2.45, 2.75) is 26.4 Å². The van der Waals surface area contributed by atoms with E-state index in [1.807, 2.05) is 0 Å². The maximum absolute atomic E-state index is 11.4. The number of amides is 1. The Morgan fingerprint density at radius 2 is 2.21 bits per heavy atom. The smallest absolute Gasteiger partial charge is 0.408 e. The van der Waals surface area contributed by atoms with Gasteiger partial charge in [-0.3, -0.25) is 0 Å². The van der Waals surface area contributed by atoms with Crippen molar-refractivity contribution >= 4 is 6.09 Å². The van der Waals surface area contributed by atoms with E-state index in [4.69, 9.17) is 9.47 Å². The van der Waals surface area contributed by atoms with E-state index in [1.165, 1.54) is 7.11 Å². The summed E-state index contributed by atoms with van der Waals surface area (Å²) in [5.74, 6) is 6.15. The van der Waals surface area contributed by atoms with Crippen molar-refractivity contribution in [1.29, 1.82) is 0 Å². The summed E-state index contributed by atoms with van der Waals surface area (Å²) in [6, 6.07) is 3.57. The molecule has 0 unspecified atom stereocenters. The average molecular weight is 262 g/mol. The number of pyridine rings is 1. The molecule has 1 amide bonds. The normalized spacial score (nSPS) is 10.1. The third-order valence-electron chi connectivity index (χ3n) is 1.91. The van der Waals surface area contributed by atoms with Crippen LogP contribution in [-0.4, -0.2) is 30.3 Å². The van der Waals surface area contributed by atoms with Gasteiger partial charge in [0, 0.05) is 6.20 Å². The van der Waals surface area contributed by atoms with Gasteiger partial charge in [-0.15, -0.1) is 0 Å². The highest BCUT2D eigenvalue weighted by Crippen LogP contribution is 2.11. The summed E-state index contributed by atoms with van der Waals surface area (Å²) in [6.07, 6.45) is 1.14. The van der Waals surface area contributed by atoms with Crippen molar-refractivity contribution in [3.05, 3.63) is 23.9 Å². The number of nitrogens with one attached hydrogen (secondary N) is 1. The number of carbonyl (C=O) groups excluding carboxylic acids is 1. The van der Waals surface area contributed by atoms with Crippen LogP contribution in [0.2, 0.25) is 0 Å². The molecule has 1 rings (SSSR count). The highest BCUT2D eigenvalue weighted by molar-refractivity contribution is 5.68. The van der Waals surface area contributed by atoms with Gasteiger partial charge in [0.2, 0.25) is 5.88 Å². The number of alkyl carbamates (subject to hydrolysis) is 1. The molecule has 0 aliphatic heterocycles. The fourth-order valence-electron chi connectivity index (χ4n) is 1.22. The molecule has 0 aromatic carbocycles. The zero-order valence-corrected chi connectivity index (χ0v) is 11.6. The molecular weight excluding hydrogens is 244 g/mol. The highest BCUT2D eigenvalue weighted by Gasteiger charge is 2.14. The number of rotatable bonds is 2. The molecule has 0 aliphatic carbocycles. The average Bonchev–Trinajstić information content (AvgIpc) is 2.33. The molecule has 1 heterocycles. The number of aromatic nitrogens is 1. The fourth-order valence-corrected chi connectivity index (χ4v) is 1.22. The van der Waals surface area contributed by atoms with Gasteiger partial charge < -0.3 is 14.8 Å². The molecule has 0 atom stereocenters. The van der Waals surface area contributed by atoms with Crippen LogP contribution in [0.3, 0.4) is 0 Å². The van der Waals surface area contributed by atoms with E-state index < -0.39 is 11.7 Å². The van der Waals surface area contributed by atoms with Gasteiger partial charge in [0.1, 0.15) is 5.60 Å². The first-order valence-corrected chi connectivity index (χ1v) is 5.87. The largest absolute Gasteiger partial charge is 0.480 e. The zero-order valence-electron chi connectivity index (χ0n) is 11.6. The first-order valence-electron chi connectivity index (χ1n) is 5.87. The van der Waals surface area contributed by atoms with Crippen molar-refractivity contribution in [3.8, 4) is 17.7 Å². The van der Waals surface area contributed by atoms with Crippen LogP contribution in [0.4, 0.5) is 4.79 Å². The van der Waals surface area contributed by atoms with E-state index in [9.17, 15) is 4.79 Å². The number of hydrogen-bond acceptors (Lipinski definition) is 4. The molecule has 5 heteroatoms. The van der Waals surface area contributed by atoms with Crippen molar-refractivity contribution in [2.75, 3.05) is 13.7 Å². The van der Waals surface area contributed by atoms with Gasteiger partial charge in [-0.25, -0.2) is 9.78 Å². The Kier molecular flexibility index (Phi) is 5.19. The Balaban J connectivity index is 2.50. The number of nitrogens with zero attached hydrogens (tertiary/aromatic N) is 1. The predicted octanol–water partition coefficient (Wildman–Crippen LogP) is 1.97. The molecule has 0 aliphatic rings. The Morgan fingerprint density at radius 1 is 1.47 bits per heavy atom. The van der Waals surface area contributed by atoms with Crippen LogP contribution in [0.25, 0.3) is 0 Å². The van der Waals surface area contributed by atoms with E-state index in [0.717, 1.165) is 0 Å². The van der Waals surface area contributed by atoms with E-state index in [2.05, 4.69) is 22.1 Å². The Morgan fingerprint density at radius 3 is 2.84 bits per heavy atom. The van der Waals surface area contributed by atoms with Crippen LogP contribution < -0.4 is 10.1 Å². The maximum Gasteiger partial charge on any atom is 0.408 e. The van der Waals surface area contributed by atoms with E-state index in [-0.39, 0.29) is 6.54 Å². The van der Waals surface area contributed by atoms with Crippen LogP contribution >= 0.6 is 0 Å². The molecule has 1 aromatic rings. The lowest BCUT2D eigenvalue weighted by atomic mass is 10.2. The SMILES string of the molecule is COc1ncccc1C#CCNC(=O)OC(C)(C)C. The molecule has 0 spiro atoms.